The number of thioether (sulfide) groups is 1. The molecule has 140 valence electrons. The lowest BCUT2D eigenvalue weighted by Gasteiger charge is -2.19. The van der Waals surface area contributed by atoms with Gasteiger partial charge in [0.15, 0.2) is 11.0 Å². The average molecular weight is 382 g/mol. The highest BCUT2D eigenvalue weighted by atomic mass is 32.2. The molecule has 0 saturated heterocycles. The number of carboxylic acid groups (broad SMARTS) is 1. The van der Waals surface area contributed by atoms with Crippen LogP contribution in [0.15, 0.2) is 59.8 Å². The molecule has 1 N–H and O–H groups in total. The van der Waals surface area contributed by atoms with Gasteiger partial charge in [0.2, 0.25) is 0 Å². The molecule has 3 rings (SSSR count). The fourth-order valence-corrected chi connectivity index (χ4v) is 3.42. The molecule has 6 heteroatoms. The summed E-state index contributed by atoms with van der Waals surface area (Å²) < 4.78 is 1.98. The zero-order chi connectivity index (χ0) is 19.4. The summed E-state index contributed by atoms with van der Waals surface area (Å²) in [7, 11) is 0. The SMILES string of the molecule is CC(C)(C)c1ccc(-c2nnc(SCC(=O)O)n2Cc2ccccc2)cc1. The molecule has 3 aromatic rings. The van der Waals surface area contributed by atoms with Crippen molar-refractivity contribution in [3.05, 3.63) is 65.7 Å². The molecule has 0 amide bonds. The largest absolute Gasteiger partial charge is 0.481 e. The molecule has 0 saturated carbocycles. The molecule has 27 heavy (non-hydrogen) atoms. The summed E-state index contributed by atoms with van der Waals surface area (Å²) in [6.45, 7) is 7.13. The third kappa shape index (κ3) is 4.77. The van der Waals surface area contributed by atoms with E-state index in [-0.39, 0.29) is 11.2 Å². The lowest BCUT2D eigenvalue weighted by molar-refractivity contribution is -0.133. The quantitative estimate of drug-likeness (QED) is 0.638. The number of benzene rings is 2. The van der Waals surface area contributed by atoms with Gasteiger partial charge in [-0.2, -0.15) is 0 Å². The van der Waals surface area contributed by atoms with Crippen LogP contribution < -0.4 is 0 Å². The maximum atomic E-state index is 11.0. The number of aromatic nitrogens is 3. The summed E-state index contributed by atoms with van der Waals surface area (Å²) in [4.78, 5) is 11.0. The lowest BCUT2D eigenvalue weighted by atomic mass is 9.87. The van der Waals surface area contributed by atoms with Crippen molar-refractivity contribution < 1.29 is 9.90 Å². The second-order valence-corrected chi connectivity index (χ2v) is 8.33. The van der Waals surface area contributed by atoms with Gasteiger partial charge < -0.3 is 5.11 Å². The highest BCUT2D eigenvalue weighted by molar-refractivity contribution is 7.99. The Bertz CT molecular complexity index is 913. The van der Waals surface area contributed by atoms with Gasteiger partial charge in [-0.3, -0.25) is 9.36 Å². The summed E-state index contributed by atoms with van der Waals surface area (Å²) in [5.41, 5.74) is 3.41. The van der Waals surface area contributed by atoms with Crippen molar-refractivity contribution in [1.29, 1.82) is 0 Å². The van der Waals surface area contributed by atoms with E-state index in [1.54, 1.807) is 0 Å². The molecule has 0 atom stereocenters. The topological polar surface area (TPSA) is 68.0 Å². The van der Waals surface area contributed by atoms with E-state index in [2.05, 4.69) is 55.2 Å². The smallest absolute Gasteiger partial charge is 0.313 e. The lowest BCUT2D eigenvalue weighted by Crippen LogP contribution is -2.10. The van der Waals surface area contributed by atoms with Crippen molar-refractivity contribution in [2.75, 3.05) is 5.75 Å². The Balaban J connectivity index is 1.97. The van der Waals surface area contributed by atoms with E-state index < -0.39 is 5.97 Å². The van der Waals surface area contributed by atoms with Crippen LogP contribution in [-0.4, -0.2) is 31.6 Å². The van der Waals surface area contributed by atoms with Crippen LogP contribution in [0.25, 0.3) is 11.4 Å². The fraction of sp³-hybridized carbons (Fsp3) is 0.286. The van der Waals surface area contributed by atoms with E-state index in [1.807, 2.05) is 34.9 Å². The number of carboxylic acids is 1. The average Bonchev–Trinajstić information content (AvgIpc) is 3.03. The number of hydrogen-bond acceptors (Lipinski definition) is 4. The normalized spacial score (nSPS) is 11.5. The predicted octanol–water partition coefficient (Wildman–Crippen LogP) is 4.47. The van der Waals surface area contributed by atoms with E-state index in [0.29, 0.717) is 11.7 Å². The molecule has 0 unspecified atom stereocenters. The second-order valence-electron chi connectivity index (χ2n) is 7.39. The minimum absolute atomic E-state index is 0.0457. The third-order valence-electron chi connectivity index (χ3n) is 4.23. The Kier molecular flexibility index (Phi) is 5.65. The zero-order valence-corrected chi connectivity index (χ0v) is 16.5. The van der Waals surface area contributed by atoms with Gasteiger partial charge in [-0.25, -0.2) is 0 Å². The minimum atomic E-state index is -0.870. The Hall–Kier alpha value is -2.60. The van der Waals surface area contributed by atoms with Crippen molar-refractivity contribution >= 4 is 17.7 Å². The summed E-state index contributed by atoms with van der Waals surface area (Å²) in [5, 5.41) is 18.2. The molecule has 0 aliphatic heterocycles. The molecule has 1 aromatic heterocycles. The van der Waals surface area contributed by atoms with Crippen LogP contribution in [0.1, 0.15) is 31.9 Å². The van der Waals surface area contributed by atoms with Gasteiger partial charge in [0.25, 0.3) is 0 Å². The second kappa shape index (κ2) is 7.96. The first kappa shape index (κ1) is 19.2. The molecular weight excluding hydrogens is 358 g/mol. The molecule has 1 heterocycles. The van der Waals surface area contributed by atoms with Gasteiger partial charge in [-0.15, -0.1) is 10.2 Å². The predicted molar refractivity (Wildman–Crippen MR) is 108 cm³/mol. The van der Waals surface area contributed by atoms with E-state index in [0.717, 1.165) is 17.0 Å². The number of carbonyl (C=O) groups is 1. The standard InChI is InChI=1S/C21H23N3O2S/c1-21(2,3)17-11-9-16(10-12-17)19-22-23-20(27-14-18(25)26)24(19)13-15-7-5-4-6-8-15/h4-12H,13-14H2,1-3H3,(H,25,26). The number of nitrogens with zero attached hydrogens (tertiary/aromatic N) is 3. The number of hydrogen-bond donors (Lipinski definition) is 1. The summed E-state index contributed by atoms with van der Waals surface area (Å²) in [6.07, 6.45) is 0. The first-order valence-electron chi connectivity index (χ1n) is 8.77. The molecule has 0 bridgehead atoms. The monoisotopic (exact) mass is 381 g/mol. The van der Waals surface area contributed by atoms with Crippen molar-refractivity contribution in [2.24, 2.45) is 0 Å². The molecule has 5 nitrogen and oxygen atoms in total. The van der Waals surface area contributed by atoms with Crippen LogP contribution >= 0.6 is 11.8 Å². The molecule has 0 fully saturated rings. The van der Waals surface area contributed by atoms with Gasteiger partial charge in [0.1, 0.15) is 0 Å². The number of rotatable bonds is 6. The maximum absolute atomic E-state index is 11.0. The van der Waals surface area contributed by atoms with Crippen LogP contribution in [0.4, 0.5) is 0 Å². The Labute approximate surface area is 163 Å². The molecular formula is C21H23N3O2S. The molecule has 0 aliphatic rings. The van der Waals surface area contributed by atoms with Crippen molar-refractivity contribution in [1.82, 2.24) is 14.8 Å². The minimum Gasteiger partial charge on any atom is -0.481 e. The van der Waals surface area contributed by atoms with Crippen molar-refractivity contribution in [2.45, 2.75) is 37.9 Å². The molecule has 0 radical (unpaired) electrons. The summed E-state index contributed by atoms with van der Waals surface area (Å²) in [6, 6.07) is 18.4. The fourth-order valence-electron chi connectivity index (χ4n) is 2.76. The number of aliphatic carboxylic acids is 1. The molecule has 2 aromatic carbocycles. The van der Waals surface area contributed by atoms with Crippen LogP contribution in [-0.2, 0) is 16.8 Å². The Morgan fingerprint density at radius 3 is 2.30 bits per heavy atom. The summed E-state index contributed by atoms with van der Waals surface area (Å²) in [5.74, 6) is -0.173. The van der Waals surface area contributed by atoms with Crippen LogP contribution in [0, 0.1) is 0 Å². The van der Waals surface area contributed by atoms with E-state index >= 15 is 0 Å². The highest BCUT2D eigenvalue weighted by Crippen LogP contribution is 2.28. The van der Waals surface area contributed by atoms with Crippen molar-refractivity contribution in [3.8, 4) is 11.4 Å². The van der Waals surface area contributed by atoms with Gasteiger partial charge >= 0.3 is 5.97 Å². The van der Waals surface area contributed by atoms with Gasteiger partial charge in [0.05, 0.1) is 12.3 Å². The highest BCUT2D eigenvalue weighted by Gasteiger charge is 2.18. The first-order chi connectivity index (χ1) is 12.8. The maximum Gasteiger partial charge on any atom is 0.313 e. The molecule has 0 aliphatic carbocycles. The van der Waals surface area contributed by atoms with Crippen LogP contribution in [0.3, 0.4) is 0 Å². The van der Waals surface area contributed by atoms with E-state index in [1.165, 1.54) is 17.3 Å². The Morgan fingerprint density at radius 2 is 1.70 bits per heavy atom. The van der Waals surface area contributed by atoms with E-state index in [4.69, 9.17) is 5.11 Å². The van der Waals surface area contributed by atoms with E-state index in [9.17, 15) is 4.79 Å². The van der Waals surface area contributed by atoms with Crippen molar-refractivity contribution in [3.63, 3.8) is 0 Å². The third-order valence-corrected chi connectivity index (χ3v) is 5.19. The van der Waals surface area contributed by atoms with Gasteiger partial charge in [0, 0.05) is 5.56 Å². The van der Waals surface area contributed by atoms with Crippen LogP contribution in [0.2, 0.25) is 0 Å². The Morgan fingerprint density at radius 1 is 1.04 bits per heavy atom. The first-order valence-corrected chi connectivity index (χ1v) is 9.76. The molecule has 0 spiro atoms. The summed E-state index contributed by atoms with van der Waals surface area (Å²) >= 11 is 1.19. The van der Waals surface area contributed by atoms with Crippen LogP contribution in [0.5, 0.6) is 0 Å². The zero-order valence-electron chi connectivity index (χ0n) is 15.7. The van der Waals surface area contributed by atoms with Gasteiger partial charge in [-0.1, -0.05) is 87.1 Å². The van der Waals surface area contributed by atoms with Gasteiger partial charge in [-0.05, 0) is 16.5 Å².